The molecule has 0 radical (unpaired) electrons. The predicted octanol–water partition coefficient (Wildman–Crippen LogP) is -0.510. The second kappa shape index (κ2) is 2.66. The number of imide groups is 1. The summed E-state index contributed by atoms with van der Waals surface area (Å²) in [6.07, 6.45) is 0.305. The largest absolute Gasteiger partial charge is 0.348 e. The molecule has 5 heteroatoms. The van der Waals surface area contributed by atoms with Crippen molar-refractivity contribution in [2.24, 2.45) is 0 Å². The quantitative estimate of drug-likeness (QED) is 0.539. The number of carbonyl (C=O) groups excluding carboxylic acids is 2. The molecule has 0 saturated carbocycles. The van der Waals surface area contributed by atoms with Crippen LogP contribution in [0.4, 0.5) is 4.79 Å². The zero-order valence-electron chi connectivity index (χ0n) is 5.59. The van der Waals surface area contributed by atoms with Crippen molar-refractivity contribution in [3.63, 3.8) is 0 Å². The van der Waals surface area contributed by atoms with Crippen molar-refractivity contribution in [3.05, 3.63) is 0 Å². The molecule has 0 aliphatic carbocycles. The summed E-state index contributed by atoms with van der Waals surface area (Å²) in [6.45, 7) is 0.400. The van der Waals surface area contributed by atoms with E-state index in [9.17, 15) is 9.59 Å². The average Bonchev–Trinajstić information content (AvgIpc) is 1.88. The molecule has 0 bridgehead atoms. The van der Waals surface area contributed by atoms with Crippen LogP contribution >= 0.6 is 0 Å². The molecule has 0 unspecified atom stereocenters. The molecule has 56 valence electrons. The van der Waals surface area contributed by atoms with E-state index in [1.165, 1.54) is 7.11 Å². The van der Waals surface area contributed by atoms with E-state index in [2.05, 4.69) is 10.2 Å². The van der Waals surface area contributed by atoms with Gasteiger partial charge in [-0.15, -0.1) is 5.06 Å². The molecule has 0 aromatic heterocycles. The molecule has 0 spiro atoms. The topological polar surface area (TPSA) is 58.6 Å². The molecule has 5 nitrogen and oxygen atoms in total. The molecule has 0 aromatic carbocycles. The van der Waals surface area contributed by atoms with Crippen LogP contribution in [0.15, 0.2) is 0 Å². The van der Waals surface area contributed by atoms with E-state index in [1.54, 1.807) is 0 Å². The fourth-order valence-electron chi connectivity index (χ4n) is 0.748. The van der Waals surface area contributed by atoms with E-state index in [0.717, 1.165) is 0 Å². The maximum Gasteiger partial charge on any atom is 0.348 e. The molecule has 1 saturated heterocycles. The summed E-state index contributed by atoms with van der Waals surface area (Å²) in [5.41, 5.74) is 0. The fraction of sp³-hybridized carbons (Fsp3) is 0.600. The standard InChI is InChI=1S/C5H8N2O3/c1-10-7-4(8)2-3-6-5(7)9/h2-3H2,1H3,(H,6,9). The Morgan fingerprint density at radius 1 is 1.60 bits per heavy atom. The summed E-state index contributed by atoms with van der Waals surface area (Å²) >= 11 is 0. The maximum absolute atomic E-state index is 10.8. The molecule has 1 aliphatic heterocycles. The normalized spacial score (nSPS) is 19.1. The van der Waals surface area contributed by atoms with Gasteiger partial charge in [0, 0.05) is 13.0 Å². The van der Waals surface area contributed by atoms with Gasteiger partial charge in [-0.1, -0.05) is 0 Å². The maximum atomic E-state index is 10.8. The van der Waals surface area contributed by atoms with Crippen LogP contribution in [0, 0.1) is 0 Å². The number of rotatable bonds is 1. The van der Waals surface area contributed by atoms with Crippen LogP contribution in [0.1, 0.15) is 6.42 Å². The molecule has 1 fully saturated rings. The minimum absolute atomic E-state index is 0.300. The lowest BCUT2D eigenvalue weighted by Crippen LogP contribution is -2.49. The van der Waals surface area contributed by atoms with E-state index in [-0.39, 0.29) is 5.91 Å². The molecule has 10 heavy (non-hydrogen) atoms. The van der Waals surface area contributed by atoms with Crippen LogP contribution in [0.25, 0.3) is 0 Å². The summed E-state index contributed by atoms with van der Waals surface area (Å²) in [5, 5.41) is 3.17. The van der Waals surface area contributed by atoms with E-state index < -0.39 is 6.03 Å². The molecular weight excluding hydrogens is 136 g/mol. The minimum Gasteiger partial charge on any atom is -0.335 e. The third-order valence-corrected chi connectivity index (χ3v) is 1.21. The van der Waals surface area contributed by atoms with E-state index in [1.807, 2.05) is 0 Å². The first-order valence-corrected chi connectivity index (χ1v) is 2.90. The first-order chi connectivity index (χ1) is 4.75. The van der Waals surface area contributed by atoms with Crippen molar-refractivity contribution in [1.82, 2.24) is 10.4 Å². The van der Waals surface area contributed by atoms with Crippen LogP contribution in [0.5, 0.6) is 0 Å². The van der Waals surface area contributed by atoms with Gasteiger partial charge >= 0.3 is 6.03 Å². The summed E-state index contributed by atoms with van der Waals surface area (Å²) in [6, 6.07) is -0.487. The second-order valence-electron chi connectivity index (χ2n) is 1.85. The molecular formula is C5H8N2O3. The molecule has 3 amide bonds. The molecule has 1 aliphatic rings. The Labute approximate surface area is 57.9 Å². The summed E-state index contributed by atoms with van der Waals surface area (Å²) < 4.78 is 0. The van der Waals surface area contributed by atoms with Gasteiger partial charge in [0.05, 0.1) is 7.11 Å². The van der Waals surface area contributed by atoms with Gasteiger partial charge in [-0.3, -0.25) is 9.63 Å². The Morgan fingerprint density at radius 2 is 2.30 bits per heavy atom. The van der Waals surface area contributed by atoms with Crippen molar-refractivity contribution < 1.29 is 14.4 Å². The van der Waals surface area contributed by atoms with Crippen LogP contribution in [0.2, 0.25) is 0 Å². The Hall–Kier alpha value is -1.10. The summed E-state index contributed by atoms with van der Waals surface area (Å²) in [7, 11) is 1.28. The number of urea groups is 1. The molecule has 1 rings (SSSR count). The third kappa shape index (κ3) is 1.08. The number of carbonyl (C=O) groups is 2. The second-order valence-corrected chi connectivity index (χ2v) is 1.85. The Kier molecular flexibility index (Phi) is 1.86. The number of nitrogens with zero attached hydrogens (tertiary/aromatic N) is 1. The molecule has 0 atom stereocenters. The highest BCUT2D eigenvalue weighted by atomic mass is 16.7. The zero-order chi connectivity index (χ0) is 7.56. The smallest absolute Gasteiger partial charge is 0.335 e. The number of hydrogen-bond donors (Lipinski definition) is 1. The van der Waals surface area contributed by atoms with Gasteiger partial charge < -0.3 is 5.32 Å². The van der Waals surface area contributed by atoms with Gasteiger partial charge in [0.2, 0.25) is 0 Å². The van der Waals surface area contributed by atoms with E-state index in [4.69, 9.17) is 0 Å². The van der Waals surface area contributed by atoms with Crippen molar-refractivity contribution in [3.8, 4) is 0 Å². The zero-order valence-corrected chi connectivity index (χ0v) is 5.59. The minimum atomic E-state index is -0.487. The number of hydrogen-bond acceptors (Lipinski definition) is 3. The van der Waals surface area contributed by atoms with Gasteiger partial charge in [-0.05, 0) is 0 Å². The van der Waals surface area contributed by atoms with Gasteiger partial charge in [-0.25, -0.2) is 4.79 Å². The fourth-order valence-corrected chi connectivity index (χ4v) is 0.748. The lowest BCUT2D eigenvalue weighted by atomic mass is 10.3. The number of hydroxylamine groups is 2. The van der Waals surface area contributed by atoms with Crippen molar-refractivity contribution in [1.29, 1.82) is 0 Å². The first-order valence-electron chi connectivity index (χ1n) is 2.90. The van der Waals surface area contributed by atoms with Gasteiger partial charge in [0.1, 0.15) is 0 Å². The van der Waals surface area contributed by atoms with Gasteiger partial charge in [-0.2, -0.15) is 0 Å². The first kappa shape index (κ1) is 7.01. The molecule has 1 N–H and O–H groups in total. The highest BCUT2D eigenvalue weighted by molar-refractivity contribution is 5.95. The van der Waals surface area contributed by atoms with Gasteiger partial charge in [0.15, 0.2) is 0 Å². The summed E-state index contributed by atoms with van der Waals surface area (Å²) in [5.74, 6) is -0.300. The van der Waals surface area contributed by atoms with Crippen LogP contribution in [-0.2, 0) is 9.63 Å². The Bertz CT molecular complexity index is 152. The monoisotopic (exact) mass is 144 g/mol. The molecule has 1 heterocycles. The summed E-state index contributed by atoms with van der Waals surface area (Å²) in [4.78, 5) is 26.0. The van der Waals surface area contributed by atoms with Crippen LogP contribution < -0.4 is 5.32 Å². The highest BCUT2D eigenvalue weighted by Gasteiger charge is 2.25. The van der Waals surface area contributed by atoms with E-state index in [0.29, 0.717) is 18.0 Å². The van der Waals surface area contributed by atoms with E-state index >= 15 is 0 Å². The van der Waals surface area contributed by atoms with Crippen LogP contribution in [-0.4, -0.2) is 30.7 Å². The lowest BCUT2D eigenvalue weighted by molar-refractivity contribution is -0.162. The highest BCUT2D eigenvalue weighted by Crippen LogP contribution is 1.99. The number of amides is 3. The van der Waals surface area contributed by atoms with Crippen molar-refractivity contribution in [2.45, 2.75) is 6.42 Å². The van der Waals surface area contributed by atoms with Crippen molar-refractivity contribution >= 4 is 11.9 Å². The third-order valence-electron chi connectivity index (χ3n) is 1.21. The number of nitrogens with one attached hydrogen (secondary N) is 1. The predicted molar refractivity (Wildman–Crippen MR) is 31.9 cm³/mol. The van der Waals surface area contributed by atoms with Crippen LogP contribution in [0.3, 0.4) is 0 Å². The Morgan fingerprint density at radius 3 is 2.70 bits per heavy atom. The SMILES string of the molecule is CON1C(=O)CCNC1=O. The lowest BCUT2D eigenvalue weighted by Gasteiger charge is -2.22. The average molecular weight is 144 g/mol. The Balaban J connectivity index is 2.62. The van der Waals surface area contributed by atoms with Gasteiger partial charge in [0.25, 0.3) is 5.91 Å². The molecule has 0 aromatic rings. The van der Waals surface area contributed by atoms with Crippen molar-refractivity contribution in [2.75, 3.05) is 13.7 Å².